The minimum atomic E-state index is -4.31. The summed E-state index contributed by atoms with van der Waals surface area (Å²) < 4.78 is 38.0. The molecule has 2 rings (SSSR count). The molecule has 1 atom stereocenters. The monoisotopic (exact) mass is 344 g/mol. The Morgan fingerprint density at radius 2 is 1.83 bits per heavy atom. The first-order valence-electron chi connectivity index (χ1n) is 8.01. The zero-order valence-electron chi connectivity index (χ0n) is 13.9. The van der Waals surface area contributed by atoms with E-state index in [2.05, 4.69) is 5.32 Å². The van der Waals surface area contributed by atoms with Gasteiger partial charge in [0, 0.05) is 31.4 Å². The molecule has 1 heterocycles. The molecular formula is C17H23F3N2O2. The molecule has 1 aromatic rings. The zero-order valence-corrected chi connectivity index (χ0v) is 13.9. The number of amides is 1. The van der Waals surface area contributed by atoms with Crippen LogP contribution in [0.15, 0.2) is 24.3 Å². The van der Waals surface area contributed by atoms with Gasteiger partial charge in [0.25, 0.3) is 5.91 Å². The summed E-state index contributed by atoms with van der Waals surface area (Å²) in [6, 6.07) is 7.00. The Morgan fingerprint density at radius 3 is 2.29 bits per heavy atom. The van der Waals surface area contributed by atoms with Crippen LogP contribution in [-0.2, 0) is 0 Å². The number of carbonyl (C=O) groups is 1. The zero-order chi connectivity index (χ0) is 18.0. The van der Waals surface area contributed by atoms with Crippen LogP contribution >= 0.6 is 0 Å². The molecular weight excluding hydrogens is 321 g/mol. The predicted molar refractivity (Wildman–Crippen MR) is 85.9 cm³/mol. The van der Waals surface area contributed by atoms with E-state index in [4.69, 9.17) is 0 Å². The second kappa shape index (κ2) is 7.01. The molecule has 0 saturated carbocycles. The summed E-state index contributed by atoms with van der Waals surface area (Å²) in [4.78, 5) is 14.0. The number of carbonyl (C=O) groups excluding carboxylic acids is 1. The molecule has 1 fully saturated rings. The summed E-state index contributed by atoms with van der Waals surface area (Å²) in [5.41, 5.74) is 0.0608. The van der Waals surface area contributed by atoms with Crippen molar-refractivity contribution in [3.05, 3.63) is 29.8 Å². The molecule has 7 heteroatoms. The van der Waals surface area contributed by atoms with Gasteiger partial charge in [0.15, 0.2) is 0 Å². The molecule has 1 aliphatic heterocycles. The van der Waals surface area contributed by atoms with Crippen LogP contribution in [0.1, 0.15) is 36.5 Å². The smallest absolute Gasteiger partial charge is 0.390 e. The predicted octanol–water partition coefficient (Wildman–Crippen LogP) is 3.28. The number of piperidine rings is 1. The Labute approximate surface area is 139 Å². The van der Waals surface area contributed by atoms with Gasteiger partial charge in [-0.3, -0.25) is 4.79 Å². The average molecular weight is 344 g/mol. The van der Waals surface area contributed by atoms with Gasteiger partial charge in [-0.15, -0.1) is 0 Å². The standard InChI is InChI=1S/C17H23F3N2O2/c1-12(17(18,19)20)11-16(24)7-9-22(10-8-16)15(23)13-3-5-14(21-2)6-4-13/h3-6,12,21,24H,7-11H2,1-2H3. The van der Waals surface area contributed by atoms with Gasteiger partial charge in [0.1, 0.15) is 0 Å². The van der Waals surface area contributed by atoms with Gasteiger partial charge in [-0.25, -0.2) is 0 Å². The fourth-order valence-corrected chi connectivity index (χ4v) is 2.98. The number of aliphatic hydroxyl groups is 1. The molecule has 0 spiro atoms. The van der Waals surface area contributed by atoms with Crippen molar-refractivity contribution in [3.8, 4) is 0 Å². The van der Waals surface area contributed by atoms with Crippen LogP contribution in [0.4, 0.5) is 18.9 Å². The first kappa shape index (κ1) is 18.6. The first-order valence-corrected chi connectivity index (χ1v) is 8.01. The molecule has 2 N–H and O–H groups in total. The minimum Gasteiger partial charge on any atom is -0.390 e. The normalized spacial score (nSPS) is 19.0. The average Bonchev–Trinajstić information content (AvgIpc) is 2.54. The second-order valence-electron chi connectivity index (χ2n) is 6.49. The van der Waals surface area contributed by atoms with Crippen LogP contribution in [0.2, 0.25) is 0 Å². The third-order valence-corrected chi connectivity index (χ3v) is 4.65. The highest BCUT2D eigenvalue weighted by Crippen LogP contribution is 2.36. The maximum absolute atomic E-state index is 12.7. The Hall–Kier alpha value is -1.76. The second-order valence-corrected chi connectivity index (χ2v) is 6.49. The molecule has 1 aromatic carbocycles. The van der Waals surface area contributed by atoms with E-state index in [-0.39, 0.29) is 38.3 Å². The molecule has 4 nitrogen and oxygen atoms in total. The van der Waals surface area contributed by atoms with Crippen molar-refractivity contribution in [1.82, 2.24) is 4.90 Å². The van der Waals surface area contributed by atoms with Crippen LogP contribution in [0.3, 0.4) is 0 Å². The lowest BCUT2D eigenvalue weighted by Crippen LogP contribution is -2.48. The van der Waals surface area contributed by atoms with Crippen LogP contribution in [0.5, 0.6) is 0 Å². The maximum atomic E-state index is 12.7. The van der Waals surface area contributed by atoms with Crippen LogP contribution in [0, 0.1) is 5.92 Å². The Balaban J connectivity index is 1.94. The Morgan fingerprint density at radius 1 is 1.29 bits per heavy atom. The molecule has 0 aromatic heterocycles. The number of benzene rings is 1. The van der Waals surface area contributed by atoms with Crippen molar-refractivity contribution in [2.75, 3.05) is 25.5 Å². The number of nitrogens with zero attached hydrogens (tertiary/aromatic N) is 1. The van der Waals surface area contributed by atoms with E-state index < -0.39 is 17.7 Å². The van der Waals surface area contributed by atoms with Crippen molar-refractivity contribution in [2.24, 2.45) is 5.92 Å². The molecule has 1 aliphatic rings. The summed E-state index contributed by atoms with van der Waals surface area (Å²) in [7, 11) is 1.78. The van der Waals surface area contributed by atoms with Gasteiger partial charge in [-0.05, 0) is 43.5 Å². The van der Waals surface area contributed by atoms with Crippen molar-refractivity contribution in [3.63, 3.8) is 0 Å². The molecule has 1 amide bonds. The van der Waals surface area contributed by atoms with Gasteiger partial charge in [0.2, 0.25) is 0 Å². The Bertz CT molecular complexity index is 564. The fraction of sp³-hybridized carbons (Fsp3) is 0.588. The van der Waals surface area contributed by atoms with Crippen LogP contribution in [0.25, 0.3) is 0 Å². The molecule has 1 unspecified atom stereocenters. The summed E-state index contributed by atoms with van der Waals surface area (Å²) in [5, 5.41) is 13.4. The highest BCUT2D eigenvalue weighted by molar-refractivity contribution is 5.94. The first-order chi connectivity index (χ1) is 11.1. The third kappa shape index (κ3) is 4.41. The number of nitrogens with one attached hydrogen (secondary N) is 1. The molecule has 1 saturated heterocycles. The lowest BCUT2D eigenvalue weighted by atomic mass is 9.83. The third-order valence-electron chi connectivity index (χ3n) is 4.65. The molecule has 134 valence electrons. The topological polar surface area (TPSA) is 52.6 Å². The van der Waals surface area contributed by atoms with Crippen LogP contribution < -0.4 is 5.32 Å². The van der Waals surface area contributed by atoms with E-state index in [1.54, 1.807) is 36.2 Å². The summed E-state index contributed by atoms with van der Waals surface area (Å²) in [5.74, 6) is -1.72. The number of hydrogen-bond acceptors (Lipinski definition) is 3. The van der Waals surface area contributed by atoms with E-state index in [1.165, 1.54) is 0 Å². The summed E-state index contributed by atoms with van der Waals surface area (Å²) >= 11 is 0. The largest absolute Gasteiger partial charge is 0.391 e. The number of alkyl halides is 3. The highest BCUT2D eigenvalue weighted by atomic mass is 19.4. The van der Waals surface area contributed by atoms with Crippen molar-refractivity contribution >= 4 is 11.6 Å². The number of halogens is 3. The lowest BCUT2D eigenvalue weighted by molar-refractivity contribution is -0.187. The van der Waals surface area contributed by atoms with Gasteiger partial charge in [0.05, 0.1) is 11.5 Å². The number of likely N-dealkylation sites (tertiary alicyclic amines) is 1. The quantitative estimate of drug-likeness (QED) is 0.881. The molecule has 24 heavy (non-hydrogen) atoms. The van der Waals surface area contributed by atoms with Crippen LogP contribution in [-0.4, -0.2) is 47.8 Å². The van der Waals surface area contributed by atoms with E-state index in [1.807, 2.05) is 0 Å². The maximum Gasteiger partial charge on any atom is 0.391 e. The van der Waals surface area contributed by atoms with Gasteiger partial charge >= 0.3 is 6.18 Å². The fourth-order valence-electron chi connectivity index (χ4n) is 2.98. The number of rotatable bonds is 4. The van der Waals surface area contributed by atoms with E-state index in [0.29, 0.717) is 5.56 Å². The number of hydrogen-bond donors (Lipinski definition) is 2. The SMILES string of the molecule is CNc1ccc(C(=O)N2CCC(O)(CC(C)C(F)(F)F)CC2)cc1. The lowest BCUT2D eigenvalue weighted by Gasteiger charge is -2.39. The molecule has 0 radical (unpaired) electrons. The summed E-state index contributed by atoms with van der Waals surface area (Å²) in [6.45, 7) is 1.60. The molecule has 0 bridgehead atoms. The van der Waals surface area contributed by atoms with Gasteiger partial charge < -0.3 is 15.3 Å². The molecule has 0 aliphatic carbocycles. The minimum absolute atomic E-state index is 0.160. The van der Waals surface area contributed by atoms with Crippen molar-refractivity contribution in [2.45, 2.75) is 38.0 Å². The highest BCUT2D eigenvalue weighted by Gasteiger charge is 2.43. The van der Waals surface area contributed by atoms with E-state index in [9.17, 15) is 23.1 Å². The number of anilines is 1. The van der Waals surface area contributed by atoms with E-state index in [0.717, 1.165) is 12.6 Å². The summed E-state index contributed by atoms with van der Waals surface area (Å²) in [6.07, 6.45) is -4.31. The van der Waals surface area contributed by atoms with Gasteiger partial charge in [-0.2, -0.15) is 13.2 Å². The van der Waals surface area contributed by atoms with Gasteiger partial charge in [-0.1, -0.05) is 6.92 Å². The van der Waals surface area contributed by atoms with Crippen molar-refractivity contribution in [1.29, 1.82) is 0 Å². The van der Waals surface area contributed by atoms with E-state index >= 15 is 0 Å². The Kier molecular flexibility index (Phi) is 5.42. The van der Waals surface area contributed by atoms with Crippen molar-refractivity contribution < 1.29 is 23.1 Å².